The highest BCUT2D eigenvalue weighted by Crippen LogP contribution is 2.31. The number of nitrogens with zero attached hydrogens (tertiary/aromatic N) is 3. The standard InChI is InChI=1S/C21H17ClF2N4O2/c1-2-18(29)28-8-7-13(10-28)30-12-3-5-16-14(9-12)21(26-11-25-16)27-17-6-4-15(23)19(22)20(17)24/h2-6,9,11,13H,1,7-8,10H2,(H,25,26,27)/t13-/m0/s1. The molecule has 0 bridgehead atoms. The molecule has 2 aromatic carbocycles. The van der Waals surface area contributed by atoms with Crippen LogP contribution in [0.1, 0.15) is 6.42 Å². The molecule has 9 heteroatoms. The van der Waals surface area contributed by atoms with Gasteiger partial charge in [0.05, 0.1) is 17.7 Å². The summed E-state index contributed by atoms with van der Waals surface area (Å²) >= 11 is 5.66. The molecule has 2 heterocycles. The number of nitrogens with one attached hydrogen (secondary N) is 1. The van der Waals surface area contributed by atoms with Gasteiger partial charge in [-0.05, 0) is 36.4 Å². The molecule has 0 aliphatic carbocycles. The number of amides is 1. The number of anilines is 2. The highest BCUT2D eigenvalue weighted by molar-refractivity contribution is 6.31. The van der Waals surface area contributed by atoms with Crippen LogP contribution in [0.15, 0.2) is 49.3 Å². The molecule has 0 saturated carbocycles. The van der Waals surface area contributed by atoms with Gasteiger partial charge in [-0.25, -0.2) is 18.7 Å². The van der Waals surface area contributed by atoms with Gasteiger partial charge in [0.2, 0.25) is 5.91 Å². The fraction of sp³-hybridized carbons (Fsp3) is 0.190. The molecule has 1 amide bonds. The molecule has 1 N–H and O–H groups in total. The first-order valence-electron chi connectivity index (χ1n) is 9.19. The van der Waals surface area contributed by atoms with Crippen LogP contribution in [0, 0.1) is 11.6 Å². The minimum absolute atomic E-state index is 0.0120. The molecule has 0 unspecified atom stereocenters. The Morgan fingerprint density at radius 2 is 2.13 bits per heavy atom. The van der Waals surface area contributed by atoms with E-state index < -0.39 is 16.7 Å². The fourth-order valence-corrected chi connectivity index (χ4v) is 3.47. The van der Waals surface area contributed by atoms with Crippen LogP contribution in [0.5, 0.6) is 5.75 Å². The van der Waals surface area contributed by atoms with Crippen molar-refractivity contribution in [1.82, 2.24) is 14.9 Å². The Hall–Kier alpha value is -3.26. The maximum Gasteiger partial charge on any atom is 0.246 e. The molecular formula is C21H17ClF2N4O2. The zero-order valence-corrected chi connectivity index (χ0v) is 16.5. The number of aromatic nitrogens is 2. The molecule has 0 radical (unpaired) electrons. The molecule has 30 heavy (non-hydrogen) atoms. The third-order valence-corrected chi connectivity index (χ3v) is 5.18. The van der Waals surface area contributed by atoms with Crippen molar-refractivity contribution in [1.29, 1.82) is 0 Å². The Labute approximate surface area is 176 Å². The topological polar surface area (TPSA) is 67.4 Å². The molecule has 1 atom stereocenters. The fourth-order valence-electron chi connectivity index (χ4n) is 3.30. The lowest BCUT2D eigenvalue weighted by Gasteiger charge is -2.16. The number of rotatable bonds is 5. The van der Waals surface area contributed by atoms with Crippen LogP contribution < -0.4 is 10.1 Å². The van der Waals surface area contributed by atoms with E-state index in [4.69, 9.17) is 16.3 Å². The van der Waals surface area contributed by atoms with Crippen LogP contribution in [0.4, 0.5) is 20.3 Å². The Balaban J connectivity index is 1.59. The minimum atomic E-state index is -0.909. The lowest BCUT2D eigenvalue weighted by atomic mass is 10.2. The molecule has 1 aromatic heterocycles. The van der Waals surface area contributed by atoms with Crippen molar-refractivity contribution in [2.24, 2.45) is 0 Å². The molecule has 1 saturated heterocycles. The van der Waals surface area contributed by atoms with E-state index in [1.54, 1.807) is 23.1 Å². The molecule has 1 aliphatic rings. The van der Waals surface area contributed by atoms with Gasteiger partial charge in [-0.15, -0.1) is 0 Å². The second kappa shape index (κ2) is 8.23. The zero-order chi connectivity index (χ0) is 21.3. The lowest BCUT2D eigenvalue weighted by molar-refractivity contribution is -0.125. The second-order valence-electron chi connectivity index (χ2n) is 6.77. The molecule has 1 fully saturated rings. The van der Waals surface area contributed by atoms with Crippen LogP contribution in [0.3, 0.4) is 0 Å². The SMILES string of the molecule is C=CC(=O)N1CC[C@H](Oc2ccc3ncnc(Nc4ccc(F)c(Cl)c4F)c3c2)C1. The van der Waals surface area contributed by atoms with E-state index in [2.05, 4.69) is 21.9 Å². The average molecular weight is 431 g/mol. The number of hydrogen-bond donors (Lipinski definition) is 1. The number of carbonyl (C=O) groups excluding carboxylic acids is 1. The highest BCUT2D eigenvalue weighted by Gasteiger charge is 2.26. The van der Waals surface area contributed by atoms with E-state index in [1.807, 2.05) is 0 Å². The number of benzene rings is 2. The summed E-state index contributed by atoms with van der Waals surface area (Å²) in [7, 11) is 0. The summed E-state index contributed by atoms with van der Waals surface area (Å²) in [5.41, 5.74) is 0.602. The van der Waals surface area contributed by atoms with Gasteiger partial charge < -0.3 is 15.0 Å². The molecular weight excluding hydrogens is 414 g/mol. The maximum atomic E-state index is 14.3. The predicted octanol–water partition coefficient (Wildman–Crippen LogP) is 4.47. The summed E-state index contributed by atoms with van der Waals surface area (Å²) in [5.74, 6) is -0.991. The first kappa shape index (κ1) is 20.0. The van der Waals surface area contributed by atoms with Crippen molar-refractivity contribution >= 4 is 39.9 Å². The molecule has 1 aliphatic heterocycles. The van der Waals surface area contributed by atoms with E-state index in [-0.39, 0.29) is 17.7 Å². The van der Waals surface area contributed by atoms with Crippen LogP contribution in [-0.4, -0.2) is 40.0 Å². The molecule has 6 nitrogen and oxygen atoms in total. The van der Waals surface area contributed by atoms with Crippen molar-refractivity contribution in [2.75, 3.05) is 18.4 Å². The van der Waals surface area contributed by atoms with Gasteiger partial charge in [0.1, 0.15) is 34.8 Å². The summed E-state index contributed by atoms with van der Waals surface area (Å²) in [4.78, 5) is 21.8. The van der Waals surface area contributed by atoms with Crippen molar-refractivity contribution in [3.8, 4) is 5.75 Å². The highest BCUT2D eigenvalue weighted by atomic mass is 35.5. The monoisotopic (exact) mass is 430 g/mol. The van der Waals surface area contributed by atoms with Crippen LogP contribution >= 0.6 is 11.6 Å². The quantitative estimate of drug-likeness (QED) is 0.478. The summed E-state index contributed by atoms with van der Waals surface area (Å²) in [6.45, 7) is 4.57. The zero-order valence-electron chi connectivity index (χ0n) is 15.7. The first-order valence-corrected chi connectivity index (χ1v) is 9.57. The summed E-state index contributed by atoms with van der Waals surface area (Å²) < 4.78 is 33.7. The van der Waals surface area contributed by atoms with Gasteiger partial charge in [-0.1, -0.05) is 18.2 Å². The van der Waals surface area contributed by atoms with Crippen LogP contribution in [0.2, 0.25) is 5.02 Å². The number of halogens is 3. The minimum Gasteiger partial charge on any atom is -0.488 e. The Bertz CT molecular complexity index is 1140. The van der Waals surface area contributed by atoms with E-state index in [0.29, 0.717) is 42.0 Å². The summed E-state index contributed by atoms with van der Waals surface area (Å²) in [6.07, 6.45) is 3.17. The van der Waals surface area contributed by atoms with E-state index in [1.165, 1.54) is 18.5 Å². The van der Waals surface area contributed by atoms with Gasteiger partial charge in [0.25, 0.3) is 0 Å². The number of likely N-dealkylation sites (tertiary alicyclic amines) is 1. The van der Waals surface area contributed by atoms with Crippen LogP contribution in [-0.2, 0) is 4.79 Å². The normalized spacial score (nSPS) is 16.0. The van der Waals surface area contributed by atoms with Gasteiger partial charge in [-0.2, -0.15) is 0 Å². The first-order chi connectivity index (χ1) is 14.5. The Morgan fingerprint density at radius 3 is 2.93 bits per heavy atom. The molecule has 4 rings (SSSR count). The number of carbonyl (C=O) groups is 1. The van der Waals surface area contributed by atoms with Crippen molar-refractivity contribution in [3.05, 3.63) is 66.0 Å². The maximum absolute atomic E-state index is 14.3. The van der Waals surface area contributed by atoms with Crippen molar-refractivity contribution in [3.63, 3.8) is 0 Å². The van der Waals surface area contributed by atoms with E-state index in [0.717, 1.165) is 6.07 Å². The van der Waals surface area contributed by atoms with Crippen molar-refractivity contribution < 1.29 is 18.3 Å². The Morgan fingerprint density at radius 1 is 1.30 bits per heavy atom. The summed E-state index contributed by atoms with van der Waals surface area (Å²) in [6, 6.07) is 7.58. The average Bonchev–Trinajstić information content (AvgIpc) is 3.22. The predicted molar refractivity (Wildman–Crippen MR) is 110 cm³/mol. The second-order valence-corrected chi connectivity index (χ2v) is 7.14. The third-order valence-electron chi connectivity index (χ3n) is 4.83. The van der Waals surface area contributed by atoms with E-state index >= 15 is 0 Å². The number of hydrogen-bond acceptors (Lipinski definition) is 5. The van der Waals surface area contributed by atoms with Gasteiger partial charge in [0.15, 0.2) is 5.82 Å². The van der Waals surface area contributed by atoms with Gasteiger partial charge in [-0.3, -0.25) is 4.79 Å². The van der Waals surface area contributed by atoms with Crippen LogP contribution in [0.25, 0.3) is 10.9 Å². The molecule has 0 spiro atoms. The third kappa shape index (κ3) is 3.91. The van der Waals surface area contributed by atoms with Gasteiger partial charge >= 0.3 is 0 Å². The number of ether oxygens (including phenoxy) is 1. The Kier molecular flexibility index (Phi) is 5.50. The van der Waals surface area contributed by atoms with Crippen molar-refractivity contribution in [2.45, 2.75) is 12.5 Å². The lowest BCUT2D eigenvalue weighted by Crippen LogP contribution is -2.29. The molecule has 3 aromatic rings. The molecule has 154 valence electrons. The number of fused-ring (bicyclic) bond motifs is 1. The smallest absolute Gasteiger partial charge is 0.246 e. The van der Waals surface area contributed by atoms with Gasteiger partial charge in [0, 0.05) is 18.4 Å². The largest absolute Gasteiger partial charge is 0.488 e. The summed E-state index contributed by atoms with van der Waals surface area (Å²) in [5, 5.41) is 2.83. The van der Waals surface area contributed by atoms with E-state index in [9.17, 15) is 13.6 Å².